The number of H-pyrrole nitrogens is 1. The number of hydrogen-bond acceptors (Lipinski definition) is 3. The number of aromatic amines is 1. The van der Waals surface area contributed by atoms with Gasteiger partial charge in [-0.2, -0.15) is 5.10 Å². The molecule has 0 fully saturated rings. The predicted molar refractivity (Wildman–Crippen MR) is 108 cm³/mol. The minimum absolute atomic E-state index is 0.00458. The van der Waals surface area contributed by atoms with Crippen LogP contribution in [0.1, 0.15) is 41.6 Å². The van der Waals surface area contributed by atoms with E-state index in [-0.39, 0.29) is 17.5 Å². The normalized spacial score (nSPS) is 16.4. The first kappa shape index (κ1) is 18.5. The molecule has 0 spiro atoms. The number of nitrogens with one attached hydrogen (secondary N) is 2. The van der Waals surface area contributed by atoms with Crippen molar-refractivity contribution in [3.05, 3.63) is 50.8 Å². The van der Waals surface area contributed by atoms with Gasteiger partial charge in [0.2, 0.25) is 5.91 Å². The first-order chi connectivity index (χ1) is 13.4. The smallest absolute Gasteiger partial charge is 0.345 e. The van der Waals surface area contributed by atoms with E-state index >= 15 is 0 Å². The third-order valence-corrected chi connectivity index (χ3v) is 5.88. The van der Waals surface area contributed by atoms with Gasteiger partial charge in [0, 0.05) is 37.6 Å². The highest BCUT2D eigenvalue weighted by molar-refractivity contribution is 5.88. The van der Waals surface area contributed by atoms with Crippen LogP contribution in [0.15, 0.2) is 16.9 Å². The van der Waals surface area contributed by atoms with Crippen molar-refractivity contribution in [2.75, 3.05) is 0 Å². The lowest BCUT2D eigenvalue weighted by Gasteiger charge is -2.21. The molecule has 0 saturated heterocycles. The largest absolute Gasteiger partial charge is 0.358 e. The first-order valence-electron chi connectivity index (χ1n) is 9.90. The van der Waals surface area contributed by atoms with Crippen molar-refractivity contribution < 1.29 is 4.79 Å². The van der Waals surface area contributed by atoms with Crippen LogP contribution in [0.3, 0.4) is 0 Å². The topological polar surface area (TPSA) is 84.7 Å². The highest BCUT2D eigenvalue weighted by atomic mass is 16.2. The fourth-order valence-corrected chi connectivity index (χ4v) is 4.28. The van der Waals surface area contributed by atoms with Gasteiger partial charge in [-0.25, -0.2) is 9.48 Å². The summed E-state index contributed by atoms with van der Waals surface area (Å²) in [5.74, 6) is 0.562. The van der Waals surface area contributed by atoms with Crippen molar-refractivity contribution in [2.24, 2.45) is 13.0 Å². The van der Waals surface area contributed by atoms with Crippen LogP contribution in [0.2, 0.25) is 0 Å². The molecule has 148 valence electrons. The Morgan fingerprint density at radius 1 is 1.36 bits per heavy atom. The maximum absolute atomic E-state index is 12.8. The van der Waals surface area contributed by atoms with E-state index in [1.807, 2.05) is 0 Å². The van der Waals surface area contributed by atoms with Gasteiger partial charge in [-0.3, -0.25) is 9.36 Å². The second kappa shape index (κ2) is 6.96. The fourth-order valence-electron chi connectivity index (χ4n) is 4.28. The Morgan fingerprint density at radius 3 is 2.89 bits per heavy atom. The number of aromatic nitrogens is 4. The van der Waals surface area contributed by atoms with E-state index in [4.69, 9.17) is 0 Å². The van der Waals surface area contributed by atoms with Crippen LogP contribution < -0.4 is 11.0 Å². The Bertz CT molecular complexity index is 1120. The number of benzene rings is 1. The lowest BCUT2D eigenvalue weighted by atomic mass is 9.98. The first-order valence-corrected chi connectivity index (χ1v) is 9.90. The molecule has 28 heavy (non-hydrogen) atoms. The molecule has 1 amide bonds. The van der Waals surface area contributed by atoms with Gasteiger partial charge in [-0.05, 0) is 43.9 Å². The minimum atomic E-state index is -0.203. The number of amides is 1. The third kappa shape index (κ3) is 3.04. The van der Waals surface area contributed by atoms with E-state index in [1.165, 1.54) is 26.9 Å². The number of rotatable bonds is 4. The van der Waals surface area contributed by atoms with E-state index in [1.54, 1.807) is 11.6 Å². The van der Waals surface area contributed by atoms with Crippen molar-refractivity contribution in [1.82, 2.24) is 24.6 Å². The van der Waals surface area contributed by atoms with Gasteiger partial charge in [0.05, 0.1) is 11.4 Å². The molecule has 7 nitrogen and oxygen atoms in total. The summed E-state index contributed by atoms with van der Waals surface area (Å²) >= 11 is 0. The van der Waals surface area contributed by atoms with E-state index in [2.05, 4.69) is 48.3 Å². The summed E-state index contributed by atoms with van der Waals surface area (Å²) in [6.07, 6.45) is 2.32. The van der Waals surface area contributed by atoms with E-state index in [0.717, 1.165) is 23.3 Å². The van der Waals surface area contributed by atoms with Gasteiger partial charge in [0.25, 0.3) is 0 Å². The van der Waals surface area contributed by atoms with Crippen LogP contribution in [-0.2, 0) is 37.8 Å². The highest BCUT2D eigenvalue weighted by Gasteiger charge is 2.27. The molecule has 3 heterocycles. The van der Waals surface area contributed by atoms with Gasteiger partial charge in [-0.15, -0.1) is 0 Å². The molecule has 0 saturated carbocycles. The summed E-state index contributed by atoms with van der Waals surface area (Å²) in [7, 11) is 1.65. The number of carbonyl (C=O) groups excluding carboxylic acids is 1. The molecule has 1 atom stereocenters. The SMILES string of the molecule is CCc1[nH]c2c(CNC(=O)[C@@H]3CCc4nn(C)c(=O)n4C3)cc(C)cc2c1C. The summed E-state index contributed by atoms with van der Waals surface area (Å²) in [6, 6.07) is 4.33. The molecule has 1 aromatic carbocycles. The molecule has 0 radical (unpaired) electrons. The number of hydrogen-bond donors (Lipinski definition) is 2. The van der Waals surface area contributed by atoms with E-state index in [9.17, 15) is 9.59 Å². The van der Waals surface area contributed by atoms with Gasteiger partial charge in [0.15, 0.2) is 0 Å². The zero-order chi connectivity index (χ0) is 20.0. The quantitative estimate of drug-likeness (QED) is 0.726. The Balaban J connectivity index is 1.53. The third-order valence-electron chi connectivity index (χ3n) is 5.88. The molecule has 4 rings (SSSR count). The molecule has 0 aliphatic carbocycles. The molecular weight excluding hydrogens is 354 g/mol. The molecule has 7 heteroatoms. The number of carbonyl (C=O) groups is 1. The molecule has 1 aliphatic heterocycles. The zero-order valence-electron chi connectivity index (χ0n) is 16.9. The number of nitrogens with zero attached hydrogens (tertiary/aromatic N) is 3. The van der Waals surface area contributed by atoms with Gasteiger partial charge < -0.3 is 10.3 Å². The second-order valence-electron chi connectivity index (χ2n) is 7.82. The van der Waals surface area contributed by atoms with Crippen LogP contribution in [0.5, 0.6) is 0 Å². The Kier molecular flexibility index (Phi) is 4.61. The monoisotopic (exact) mass is 381 g/mol. The zero-order valence-corrected chi connectivity index (χ0v) is 16.9. The van der Waals surface area contributed by atoms with Gasteiger partial charge in [-0.1, -0.05) is 18.6 Å². The summed E-state index contributed by atoms with van der Waals surface area (Å²) in [6.45, 7) is 7.25. The molecule has 3 aromatic rings. The molecule has 0 unspecified atom stereocenters. The molecule has 2 aromatic heterocycles. The van der Waals surface area contributed by atoms with Gasteiger partial charge >= 0.3 is 5.69 Å². The Hall–Kier alpha value is -2.83. The molecule has 2 N–H and O–H groups in total. The summed E-state index contributed by atoms with van der Waals surface area (Å²) in [5.41, 5.74) is 5.76. The average molecular weight is 381 g/mol. The summed E-state index contributed by atoms with van der Waals surface area (Å²) in [4.78, 5) is 28.4. The van der Waals surface area contributed by atoms with Crippen LogP contribution in [-0.4, -0.2) is 25.2 Å². The number of fused-ring (bicyclic) bond motifs is 2. The summed E-state index contributed by atoms with van der Waals surface area (Å²) in [5, 5.41) is 8.55. The highest BCUT2D eigenvalue weighted by Crippen LogP contribution is 2.27. The van der Waals surface area contributed by atoms with Crippen LogP contribution in [0.25, 0.3) is 10.9 Å². The lowest BCUT2D eigenvalue weighted by molar-refractivity contribution is -0.126. The summed E-state index contributed by atoms with van der Waals surface area (Å²) < 4.78 is 2.97. The molecule has 1 aliphatic rings. The van der Waals surface area contributed by atoms with Gasteiger partial charge in [0.1, 0.15) is 5.82 Å². The van der Waals surface area contributed by atoms with Crippen LogP contribution in [0.4, 0.5) is 0 Å². The lowest BCUT2D eigenvalue weighted by Crippen LogP contribution is -2.38. The maximum atomic E-state index is 12.8. The van der Waals surface area contributed by atoms with Crippen molar-refractivity contribution >= 4 is 16.8 Å². The van der Waals surface area contributed by atoms with Crippen LogP contribution in [0, 0.1) is 19.8 Å². The Morgan fingerprint density at radius 2 is 2.14 bits per heavy atom. The second-order valence-corrected chi connectivity index (χ2v) is 7.82. The molecule has 0 bridgehead atoms. The van der Waals surface area contributed by atoms with Crippen molar-refractivity contribution in [1.29, 1.82) is 0 Å². The standard InChI is InChI=1S/C21H27N5O2/c1-5-17-13(3)16-9-12(2)8-15(19(16)23-17)10-22-20(27)14-6-7-18-24-25(4)21(28)26(18)11-14/h8-9,14,23H,5-7,10-11H2,1-4H3,(H,22,27)/t14-/m1/s1. The van der Waals surface area contributed by atoms with Crippen molar-refractivity contribution in [3.8, 4) is 0 Å². The minimum Gasteiger partial charge on any atom is -0.358 e. The number of aryl methyl sites for hydroxylation is 5. The molecular formula is C21H27N5O2. The van der Waals surface area contributed by atoms with Crippen molar-refractivity contribution in [3.63, 3.8) is 0 Å². The fraction of sp³-hybridized carbons (Fsp3) is 0.476. The van der Waals surface area contributed by atoms with E-state index < -0.39 is 0 Å². The van der Waals surface area contributed by atoms with E-state index in [0.29, 0.717) is 25.9 Å². The van der Waals surface area contributed by atoms with Crippen LogP contribution >= 0.6 is 0 Å². The van der Waals surface area contributed by atoms with Crippen molar-refractivity contribution in [2.45, 2.75) is 53.1 Å². The predicted octanol–water partition coefficient (Wildman–Crippen LogP) is 2.12. The Labute approximate surface area is 163 Å². The maximum Gasteiger partial charge on any atom is 0.345 e. The average Bonchev–Trinajstić information content (AvgIpc) is 3.15.